The molecule has 0 bridgehead atoms. The summed E-state index contributed by atoms with van der Waals surface area (Å²) < 4.78 is 39.8. The Morgan fingerprint density at radius 2 is 1.59 bits per heavy atom. The Labute approximate surface area is 263 Å². The topological polar surface area (TPSA) is 75.6 Å². The smallest absolute Gasteiger partial charge is 0.164 e. The van der Waals surface area contributed by atoms with Crippen LogP contribution in [0.1, 0.15) is 37.8 Å². The molecule has 7 rings (SSSR count). The van der Waals surface area contributed by atoms with Crippen molar-refractivity contribution in [3.05, 3.63) is 108 Å². The van der Waals surface area contributed by atoms with Crippen LogP contribution in [0.4, 0.5) is 0 Å². The first-order chi connectivity index (χ1) is 21.3. The Hall–Kier alpha value is -2.69. The maximum atomic E-state index is 12.8. The second-order valence-electron chi connectivity index (χ2n) is 12.5. The molecular formula is C36H40O7S. The van der Waals surface area contributed by atoms with Gasteiger partial charge in [-0.05, 0) is 62.1 Å². The Morgan fingerprint density at radius 3 is 2.32 bits per heavy atom. The van der Waals surface area contributed by atoms with Gasteiger partial charge in [-0.3, -0.25) is 0 Å². The highest BCUT2D eigenvalue weighted by molar-refractivity contribution is 7.99. The van der Waals surface area contributed by atoms with Crippen LogP contribution in [0.25, 0.3) is 0 Å². The van der Waals surface area contributed by atoms with Gasteiger partial charge in [0.15, 0.2) is 5.79 Å². The minimum absolute atomic E-state index is 0.285. The van der Waals surface area contributed by atoms with Gasteiger partial charge in [-0.15, -0.1) is 0 Å². The third-order valence-corrected chi connectivity index (χ3v) is 10.5. The van der Waals surface area contributed by atoms with E-state index >= 15 is 0 Å². The van der Waals surface area contributed by atoms with Crippen molar-refractivity contribution in [1.29, 1.82) is 0 Å². The molecule has 1 N–H and O–H groups in total. The summed E-state index contributed by atoms with van der Waals surface area (Å²) in [5.74, 6) is -0.617. The third kappa shape index (κ3) is 5.30. The molecule has 0 spiro atoms. The van der Waals surface area contributed by atoms with Crippen molar-refractivity contribution in [2.75, 3.05) is 7.11 Å². The summed E-state index contributed by atoms with van der Waals surface area (Å²) in [6.07, 6.45) is 3.29. The van der Waals surface area contributed by atoms with Crippen LogP contribution < -0.4 is 4.74 Å². The molecule has 2 saturated heterocycles. The molecule has 3 fully saturated rings. The molecule has 7 nitrogen and oxygen atoms in total. The van der Waals surface area contributed by atoms with Gasteiger partial charge in [-0.25, -0.2) is 0 Å². The van der Waals surface area contributed by atoms with E-state index in [0.717, 1.165) is 34.6 Å². The number of aliphatic hydroxyl groups is 1. The summed E-state index contributed by atoms with van der Waals surface area (Å²) in [6.45, 7) is 4.43. The first-order valence-corrected chi connectivity index (χ1v) is 16.3. The molecule has 44 heavy (non-hydrogen) atoms. The molecule has 8 heteroatoms. The van der Waals surface area contributed by atoms with E-state index in [9.17, 15) is 5.11 Å². The Kier molecular flexibility index (Phi) is 8.12. The van der Waals surface area contributed by atoms with E-state index in [1.165, 1.54) is 0 Å². The standard InChI is InChI=1S/C36H40O7S/c1-34(2)42-29-31(43-34)35(37)21-11-10-16-28-30(35)36(40-23-24-12-6-4-7-13-24,33(41-28)44-27-14-8-5-9-15-27)32(29)39-22-25-17-19-26(38-3)20-18-25/h4-9,11-15,17-21,28-33,37H,10,16,22-23H2,1-3H3/t28-,29+,30+,31-,32+,33+,35?,36-/m1/s1. The average Bonchev–Trinajstić information content (AvgIpc) is 3.47. The minimum Gasteiger partial charge on any atom is -0.497 e. The summed E-state index contributed by atoms with van der Waals surface area (Å²) >= 11 is 1.61. The Balaban J connectivity index is 1.36. The fraction of sp³-hybridized carbons (Fsp3) is 0.444. The summed E-state index contributed by atoms with van der Waals surface area (Å²) in [4.78, 5) is 1.05. The third-order valence-electron chi connectivity index (χ3n) is 9.26. The minimum atomic E-state index is -1.40. The van der Waals surface area contributed by atoms with Crippen molar-refractivity contribution < 1.29 is 33.5 Å². The predicted octanol–water partition coefficient (Wildman–Crippen LogP) is 6.28. The molecule has 2 heterocycles. The van der Waals surface area contributed by atoms with Crippen molar-refractivity contribution in [2.45, 2.75) is 91.6 Å². The van der Waals surface area contributed by atoms with Crippen molar-refractivity contribution in [3.63, 3.8) is 0 Å². The Bertz CT molecular complexity index is 1450. The highest BCUT2D eigenvalue weighted by atomic mass is 32.2. The second-order valence-corrected chi connectivity index (χ2v) is 13.6. The van der Waals surface area contributed by atoms with Crippen LogP contribution in [0, 0.1) is 5.92 Å². The van der Waals surface area contributed by atoms with Crippen molar-refractivity contribution in [1.82, 2.24) is 0 Å². The highest BCUT2D eigenvalue weighted by Crippen LogP contribution is 2.62. The van der Waals surface area contributed by atoms with Gasteiger partial charge in [-0.1, -0.05) is 84.6 Å². The van der Waals surface area contributed by atoms with Gasteiger partial charge in [0.1, 0.15) is 40.7 Å². The summed E-state index contributed by atoms with van der Waals surface area (Å²) in [7, 11) is 1.66. The van der Waals surface area contributed by atoms with Crippen molar-refractivity contribution in [2.24, 2.45) is 5.92 Å². The zero-order valence-electron chi connectivity index (χ0n) is 25.3. The maximum absolute atomic E-state index is 12.8. The monoisotopic (exact) mass is 616 g/mol. The van der Waals surface area contributed by atoms with Crippen LogP contribution in [0.2, 0.25) is 0 Å². The zero-order valence-corrected chi connectivity index (χ0v) is 26.2. The number of ether oxygens (including phenoxy) is 6. The molecule has 0 aromatic heterocycles. The predicted molar refractivity (Wildman–Crippen MR) is 167 cm³/mol. The summed E-state index contributed by atoms with van der Waals surface area (Å²) in [6, 6.07) is 28.2. The normalized spacial score (nSPS) is 35.1. The van der Waals surface area contributed by atoms with Gasteiger partial charge in [-0.2, -0.15) is 0 Å². The molecule has 8 atom stereocenters. The molecule has 2 aliphatic carbocycles. The quantitative estimate of drug-likeness (QED) is 0.282. The van der Waals surface area contributed by atoms with Crippen LogP contribution >= 0.6 is 11.8 Å². The number of hydrogen-bond donors (Lipinski definition) is 1. The van der Waals surface area contributed by atoms with Gasteiger partial charge in [0.05, 0.1) is 32.3 Å². The van der Waals surface area contributed by atoms with Crippen LogP contribution in [0.15, 0.2) is 102 Å². The molecule has 3 aromatic carbocycles. The first kappa shape index (κ1) is 30.0. The lowest BCUT2D eigenvalue weighted by Gasteiger charge is -2.56. The molecule has 3 aromatic rings. The number of methoxy groups -OCH3 is 1. The summed E-state index contributed by atoms with van der Waals surface area (Å²) in [5, 5.41) is 12.8. The van der Waals surface area contributed by atoms with E-state index < -0.39 is 46.7 Å². The molecule has 1 unspecified atom stereocenters. The SMILES string of the molecule is COc1ccc(CO[C@H]2[C@H]3OC(C)(C)O[C@H]3C3(O)C=CCC[C@H]4O[C@@H](Sc5ccccc5)[C@@]2(OCc2ccccc2)[C@@H]43)cc1. The lowest BCUT2D eigenvalue weighted by molar-refractivity contribution is -0.271. The second kappa shape index (κ2) is 11.9. The fourth-order valence-electron chi connectivity index (χ4n) is 7.42. The molecule has 0 radical (unpaired) electrons. The number of thioether (sulfide) groups is 1. The number of allylic oxidation sites excluding steroid dienone is 1. The van der Waals surface area contributed by atoms with E-state index in [2.05, 4.69) is 24.3 Å². The van der Waals surface area contributed by atoms with E-state index in [1.54, 1.807) is 18.9 Å². The highest BCUT2D eigenvalue weighted by Gasteiger charge is 2.77. The van der Waals surface area contributed by atoms with Crippen LogP contribution in [-0.4, -0.2) is 59.1 Å². The lowest BCUT2D eigenvalue weighted by Crippen LogP contribution is -2.75. The lowest BCUT2D eigenvalue weighted by atomic mass is 9.61. The van der Waals surface area contributed by atoms with Crippen LogP contribution in [0.5, 0.6) is 5.75 Å². The van der Waals surface area contributed by atoms with Gasteiger partial charge in [0.25, 0.3) is 0 Å². The van der Waals surface area contributed by atoms with E-state index in [4.69, 9.17) is 28.4 Å². The van der Waals surface area contributed by atoms with E-state index in [1.807, 2.05) is 86.7 Å². The van der Waals surface area contributed by atoms with E-state index in [-0.39, 0.29) is 6.10 Å². The first-order valence-electron chi connectivity index (χ1n) is 15.4. The molecule has 232 valence electrons. The van der Waals surface area contributed by atoms with Crippen molar-refractivity contribution in [3.8, 4) is 5.75 Å². The maximum Gasteiger partial charge on any atom is 0.164 e. The van der Waals surface area contributed by atoms with Gasteiger partial charge < -0.3 is 33.5 Å². The number of rotatable bonds is 9. The van der Waals surface area contributed by atoms with Gasteiger partial charge in [0, 0.05) is 4.90 Å². The molecule has 0 amide bonds. The van der Waals surface area contributed by atoms with Crippen LogP contribution in [-0.2, 0) is 36.9 Å². The van der Waals surface area contributed by atoms with E-state index in [0.29, 0.717) is 13.2 Å². The van der Waals surface area contributed by atoms with Crippen LogP contribution in [0.3, 0.4) is 0 Å². The van der Waals surface area contributed by atoms with Crippen molar-refractivity contribution >= 4 is 11.8 Å². The molecule has 1 saturated carbocycles. The largest absolute Gasteiger partial charge is 0.497 e. The molecule has 2 aliphatic heterocycles. The number of hydrogen-bond acceptors (Lipinski definition) is 8. The average molecular weight is 617 g/mol. The Morgan fingerprint density at radius 1 is 0.886 bits per heavy atom. The fourth-order valence-corrected chi connectivity index (χ4v) is 8.71. The summed E-state index contributed by atoms with van der Waals surface area (Å²) in [5.41, 5.74) is -0.968. The molecular weight excluding hydrogens is 576 g/mol. The molecule has 4 aliphatic rings. The zero-order chi connectivity index (χ0) is 30.4. The number of benzene rings is 3. The van der Waals surface area contributed by atoms with Gasteiger partial charge in [0.2, 0.25) is 0 Å². The van der Waals surface area contributed by atoms with Gasteiger partial charge >= 0.3 is 0 Å². The number of fused-ring (bicyclic) bond motifs is 2.